The predicted molar refractivity (Wildman–Crippen MR) is 65.4 cm³/mol. The van der Waals surface area contributed by atoms with E-state index >= 15 is 0 Å². The Bertz CT molecular complexity index is 124. The lowest BCUT2D eigenvalue weighted by atomic mass is 9.76. The molecule has 0 aromatic carbocycles. The average molecular weight is 202 g/mol. The lowest BCUT2D eigenvalue weighted by Crippen LogP contribution is -2.29. The zero-order valence-electron chi connectivity index (χ0n) is 10.2. The van der Waals surface area contributed by atoms with Crippen LogP contribution in [0.4, 0.5) is 0 Å². The van der Waals surface area contributed by atoms with Crippen molar-refractivity contribution in [3.05, 3.63) is 0 Å². The van der Waals surface area contributed by atoms with E-state index in [-0.39, 0.29) is 0 Å². The van der Waals surface area contributed by atoms with Crippen molar-refractivity contribution in [1.82, 2.24) is 0 Å². The summed E-state index contributed by atoms with van der Waals surface area (Å²) in [7, 11) is 0. The molecule has 0 heterocycles. The third kappa shape index (κ3) is 4.39. The van der Waals surface area contributed by atoms with Gasteiger partial charge in [-0.1, -0.05) is 47.5 Å². The molecule has 0 radical (unpaired) electrons. The van der Waals surface area contributed by atoms with Gasteiger partial charge < -0.3 is 0 Å². The van der Waals surface area contributed by atoms with Crippen LogP contribution in [0.15, 0.2) is 0 Å². The lowest BCUT2D eigenvalue weighted by molar-refractivity contribution is 0.222. The summed E-state index contributed by atoms with van der Waals surface area (Å²) >= 11 is 2.05. The Balaban J connectivity index is 4.34. The van der Waals surface area contributed by atoms with Gasteiger partial charge in [-0.15, -0.1) is 0 Å². The van der Waals surface area contributed by atoms with Gasteiger partial charge in [0.1, 0.15) is 0 Å². The zero-order valence-corrected chi connectivity index (χ0v) is 11.0. The summed E-state index contributed by atoms with van der Waals surface area (Å²) in [6.45, 7) is 11.7. The maximum atomic E-state index is 2.38. The standard InChI is InChI=1S/C12H26S/c1-7-9-11(13-6)10(8-2)12(3,4)5/h10-11H,7-9H2,1-6H3. The van der Waals surface area contributed by atoms with E-state index in [0.717, 1.165) is 11.2 Å². The molecule has 0 nitrogen and oxygen atoms in total. The molecule has 0 aromatic heterocycles. The van der Waals surface area contributed by atoms with Crippen molar-refractivity contribution in [3.8, 4) is 0 Å². The molecule has 0 aliphatic carbocycles. The third-order valence-corrected chi connectivity index (χ3v) is 4.05. The van der Waals surface area contributed by atoms with Crippen molar-refractivity contribution in [2.75, 3.05) is 6.26 Å². The molecule has 2 unspecified atom stereocenters. The molecule has 0 saturated heterocycles. The van der Waals surface area contributed by atoms with E-state index in [4.69, 9.17) is 0 Å². The SMILES string of the molecule is CCCC(SC)C(CC)C(C)(C)C. The first-order valence-corrected chi connectivity index (χ1v) is 6.78. The van der Waals surface area contributed by atoms with Gasteiger partial charge >= 0.3 is 0 Å². The number of rotatable bonds is 5. The van der Waals surface area contributed by atoms with Gasteiger partial charge in [0.2, 0.25) is 0 Å². The van der Waals surface area contributed by atoms with Crippen molar-refractivity contribution in [3.63, 3.8) is 0 Å². The van der Waals surface area contributed by atoms with E-state index in [2.05, 4.69) is 52.6 Å². The maximum Gasteiger partial charge on any atom is 0.00773 e. The Morgan fingerprint density at radius 2 is 1.69 bits per heavy atom. The maximum absolute atomic E-state index is 2.38. The highest BCUT2D eigenvalue weighted by atomic mass is 32.2. The van der Waals surface area contributed by atoms with Crippen molar-refractivity contribution in [2.45, 2.75) is 59.1 Å². The summed E-state index contributed by atoms with van der Waals surface area (Å²) in [4.78, 5) is 0. The fraction of sp³-hybridized carbons (Fsp3) is 1.00. The second kappa shape index (κ2) is 5.95. The van der Waals surface area contributed by atoms with E-state index in [9.17, 15) is 0 Å². The Morgan fingerprint density at radius 3 is 1.92 bits per heavy atom. The Labute approximate surface area is 88.9 Å². The molecule has 0 spiro atoms. The molecule has 0 N–H and O–H groups in total. The van der Waals surface area contributed by atoms with Crippen LogP contribution in [0, 0.1) is 11.3 Å². The zero-order chi connectivity index (χ0) is 10.5. The molecule has 13 heavy (non-hydrogen) atoms. The van der Waals surface area contributed by atoms with Gasteiger partial charge in [0.25, 0.3) is 0 Å². The summed E-state index contributed by atoms with van der Waals surface area (Å²) in [6.07, 6.45) is 6.26. The highest BCUT2D eigenvalue weighted by Gasteiger charge is 2.29. The van der Waals surface area contributed by atoms with Crippen LogP contribution >= 0.6 is 11.8 Å². The topological polar surface area (TPSA) is 0 Å². The first kappa shape index (κ1) is 13.4. The molecule has 0 aromatic rings. The molecule has 2 atom stereocenters. The second-order valence-corrected chi connectivity index (χ2v) is 6.02. The van der Waals surface area contributed by atoms with Crippen molar-refractivity contribution in [2.24, 2.45) is 11.3 Å². The summed E-state index contributed by atoms with van der Waals surface area (Å²) in [5, 5.41) is 0.856. The van der Waals surface area contributed by atoms with Crippen LogP contribution in [0.3, 0.4) is 0 Å². The van der Waals surface area contributed by atoms with Gasteiger partial charge in [0, 0.05) is 5.25 Å². The van der Waals surface area contributed by atoms with Crippen LogP contribution in [0.5, 0.6) is 0 Å². The molecule has 0 aliphatic rings. The van der Waals surface area contributed by atoms with Crippen molar-refractivity contribution < 1.29 is 0 Å². The first-order chi connectivity index (χ1) is 5.97. The Kier molecular flexibility index (Phi) is 6.11. The van der Waals surface area contributed by atoms with E-state index < -0.39 is 0 Å². The molecule has 0 amide bonds. The largest absolute Gasteiger partial charge is 0.162 e. The Hall–Kier alpha value is 0.350. The van der Waals surface area contributed by atoms with Crippen LogP contribution in [-0.2, 0) is 0 Å². The van der Waals surface area contributed by atoms with Gasteiger partial charge in [-0.25, -0.2) is 0 Å². The number of hydrogen-bond donors (Lipinski definition) is 0. The monoisotopic (exact) mass is 202 g/mol. The van der Waals surface area contributed by atoms with Crippen LogP contribution in [0.2, 0.25) is 0 Å². The van der Waals surface area contributed by atoms with Gasteiger partial charge in [-0.2, -0.15) is 11.8 Å². The fourth-order valence-electron chi connectivity index (χ4n) is 2.20. The smallest absolute Gasteiger partial charge is 0.00773 e. The summed E-state index contributed by atoms with van der Waals surface area (Å²) in [5.41, 5.74) is 0.470. The summed E-state index contributed by atoms with van der Waals surface area (Å²) in [5.74, 6) is 0.863. The van der Waals surface area contributed by atoms with Crippen molar-refractivity contribution in [1.29, 1.82) is 0 Å². The quantitative estimate of drug-likeness (QED) is 0.628. The van der Waals surface area contributed by atoms with Gasteiger partial charge in [0.05, 0.1) is 0 Å². The average Bonchev–Trinajstić information content (AvgIpc) is 2.01. The third-order valence-electron chi connectivity index (χ3n) is 2.88. The van der Waals surface area contributed by atoms with Gasteiger partial charge in [-0.3, -0.25) is 0 Å². The molecule has 0 saturated carbocycles. The minimum atomic E-state index is 0.470. The number of thioether (sulfide) groups is 1. The van der Waals surface area contributed by atoms with Crippen LogP contribution < -0.4 is 0 Å². The minimum Gasteiger partial charge on any atom is -0.162 e. The van der Waals surface area contributed by atoms with Crippen LogP contribution in [0.1, 0.15) is 53.9 Å². The van der Waals surface area contributed by atoms with E-state index in [1.165, 1.54) is 19.3 Å². The minimum absolute atomic E-state index is 0.470. The summed E-state index contributed by atoms with van der Waals surface area (Å²) < 4.78 is 0. The lowest BCUT2D eigenvalue weighted by Gasteiger charge is -2.35. The number of hydrogen-bond acceptors (Lipinski definition) is 1. The normalized spacial score (nSPS) is 17.1. The first-order valence-electron chi connectivity index (χ1n) is 5.50. The molecule has 0 aliphatic heterocycles. The van der Waals surface area contributed by atoms with Gasteiger partial charge in [-0.05, 0) is 24.0 Å². The fourth-order valence-corrected chi connectivity index (χ4v) is 3.60. The molecule has 1 heteroatoms. The van der Waals surface area contributed by atoms with Crippen molar-refractivity contribution >= 4 is 11.8 Å². The Morgan fingerprint density at radius 1 is 1.15 bits per heavy atom. The molecule has 0 bridgehead atoms. The molecular weight excluding hydrogens is 176 g/mol. The van der Waals surface area contributed by atoms with Gasteiger partial charge in [0.15, 0.2) is 0 Å². The van der Waals surface area contributed by atoms with E-state index in [1.54, 1.807) is 0 Å². The molecule has 0 fully saturated rings. The van der Waals surface area contributed by atoms with Crippen LogP contribution in [-0.4, -0.2) is 11.5 Å². The summed E-state index contributed by atoms with van der Waals surface area (Å²) in [6, 6.07) is 0. The van der Waals surface area contributed by atoms with Crippen LogP contribution in [0.25, 0.3) is 0 Å². The molecule has 0 rings (SSSR count). The van der Waals surface area contributed by atoms with E-state index in [0.29, 0.717) is 5.41 Å². The highest BCUT2D eigenvalue weighted by Crippen LogP contribution is 2.37. The van der Waals surface area contributed by atoms with E-state index in [1.807, 2.05) is 0 Å². The highest BCUT2D eigenvalue weighted by molar-refractivity contribution is 7.99. The second-order valence-electron chi connectivity index (χ2n) is 4.94. The molecule has 80 valence electrons. The molecular formula is C12H26S. The predicted octanol–water partition coefficient (Wildman–Crippen LogP) is 4.59.